The van der Waals surface area contributed by atoms with Crippen molar-refractivity contribution in [1.82, 2.24) is 0 Å². The maximum atomic E-state index is 15.0. The minimum absolute atomic E-state index is 0.125. The molecule has 0 saturated heterocycles. The van der Waals surface area contributed by atoms with Gasteiger partial charge in [-0.1, -0.05) is 57.0 Å². The molecule has 0 heterocycles. The molecule has 0 radical (unpaired) electrons. The number of hydrogen-bond donors (Lipinski definition) is 0. The highest BCUT2D eigenvalue weighted by Gasteiger charge is 2.40. The normalized spacial score (nSPS) is 26.1. The quantitative estimate of drug-likeness (QED) is 0.325. The standard InChI is InChI=1S/C31H40F4O/c1-4-21-6-10-24(11-7-21)25-16-14-23(15-17-25)20(3)36-31(34,35)28-19-18-27(29(32)30(28)33)26-12-8-22(5-2)9-13-26/h14-22,24,26H,4-13H2,1-3H3. The van der Waals surface area contributed by atoms with E-state index in [0.29, 0.717) is 17.4 Å². The molecular weight excluding hydrogens is 464 g/mol. The molecule has 2 aliphatic rings. The average molecular weight is 505 g/mol. The van der Waals surface area contributed by atoms with E-state index in [2.05, 4.69) is 13.8 Å². The van der Waals surface area contributed by atoms with Gasteiger partial charge in [-0.05, 0) is 105 Å². The molecule has 0 spiro atoms. The third-order valence-electron chi connectivity index (χ3n) is 8.92. The van der Waals surface area contributed by atoms with Crippen LogP contribution in [0.4, 0.5) is 17.6 Å². The Morgan fingerprint density at radius 1 is 0.750 bits per heavy atom. The van der Waals surface area contributed by atoms with Crippen molar-refractivity contribution in [2.45, 2.75) is 109 Å². The number of halogens is 4. The Labute approximate surface area is 213 Å². The molecule has 2 aromatic rings. The van der Waals surface area contributed by atoms with Gasteiger partial charge in [0.2, 0.25) is 0 Å². The SMILES string of the molecule is CCC1CCC(c2ccc(C(C)OC(F)(F)c3ccc(C4CCC(CC)CC4)c(F)c3F)cc2)CC1. The summed E-state index contributed by atoms with van der Waals surface area (Å²) in [5.74, 6) is -0.859. The fourth-order valence-electron chi connectivity index (χ4n) is 6.28. The van der Waals surface area contributed by atoms with Crippen LogP contribution in [-0.2, 0) is 10.8 Å². The molecule has 0 aromatic heterocycles. The fraction of sp³-hybridized carbons (Fsp3) is 0.613. The van der Waals surface area contributed by atoms with E-state index in [-0.39, 0.29) is 11.5 Å². The Hall–Kier alpha value is -1.88. The van der Waals surface area contributed by atoms with E-state index in [4.69, 9.17) is 4.74 Å². The molecule has 4 rings (SSSR count). The molecule has 1 unspecified atom stereocenters. The predicted molar refractivity (Wildman–Crippen MR) is 136 cm³/mol. The van der Waals surface area contributed by atoms with E-state index >= 15 is 8.78 Å². The summed E-state index contributed by atoms with van der Waals surface area (Å²) in [5.41, 5.74) is 0.982. The summed E-state index contributed by atoms with van der Waals surface area (Å²) in [6.07, 6.45) is 5.59. The zero-order valence-corrected chi connectivity index (χ0v) is 21.8. The van der Waals surface area contributed by atoms with Crippen LogP contribution in [0.25, 0.3) is 0 Å². The van der Waals surface area contributed by atoms with Crippen molar-refractivity contribution in [2.24, 2.45) is 11.8 Å². The van der Waals surface area contributed by atoms with Crippen LogP contribution in [0.5, 0.6) is 0 Å². The Bertz CT molecular complexity index is 986. The smallest absolute Gasteiger partial charge is 0.309 e. The van der Waals surface area contributed by atoms with E-state index in [1.54, 1.807) is 0 Å². The van der Waals surface area contributed by atoms with Gasteiger partial charge in [-0.3, -0.25) is 0 Å². The summed E-state index contributed by atoms with van der Waals surface area (Å²) in [7, 11) is 0. The van der Waals surface area contributed by atoms with Crippen molar-refractivity contribution < 1.29 is 22.3 Å². The van der Waals surface area contributed by atoms with E-state index in [1.165, 1.54) is 37.8 Å². The molecule has 2 saturated carbocycles. The molecule has 198 valence electrons. The van der Waals surface area contributed by atoms with Crippen LogP contribution in [0, 0.1) is 23.5 Å². The molecule has 0 bridgehead atoms. The van der Waals surface area contributed by atoms with Crippen molar-refractivity contribution in [1.29, 1.82) is 0 Å². The van der Waals surface area contributed by atoms with Crippen LogP contribution >= 0.6 is 0 Å². The summed E-state index contributed by atoms with van der Waals surface area (Å²) >= 11 is 0. The maximum Gasteiger partial charge on any atom is 0.386 e. The second-order valence-electron chi connectivity index (χ2n) is 11.0. The minimum atomic E-state index is -3.94. The summed E-state index contributed by atoms with van der Waals surface area (Å²) in [4.78, 5) is 0. The fourth-order valence-corrected chi connectivity index (χ4v) is 6.28. The first-order valence-corrected chi connectivity index (χ1v) is 13.9. The van der Waals surface area contributed by atoms with Crippen LogP contribution < -0.4 is 0 Å². The lowest BCUT2D eigenvalue weighted by Crippen LogP contribution is -2.23. The molecule has 2 fully saturated rings. The zero-order valence-electron chi connectivity index (χ0n) is 21.8. The maximum absolute atomic E-state index is 15.0. The van der Waals surface area contributed by atoms with Crippen LogP contribution in [0.2, 0.25) is 0 Å². The molecular formula is C31H40F4O. The molecule has 5 heteroatoms. The van der Waals surface area contributed by atoms with Crippen LogP contribution in [-0.4, -0.2) is 0 Å². The second kappa shape index (κ2) is 11.7. The number of ether oxygens (including phenoxy) is 1. The van der Waals surface area contributed by atoms with Gasteiger partial charge in [0.05, 0.1) is 11.7 Å². The summed E-state index contributed by atoms with van der Waals surface area (Å²) in [5, 5.41) is 0. The molecule has 0 N–H and O–H groups in total. The molecule has 1 atom stereocenters. The third-order valence-corrected chi connectivity index (χ3v) is 8.92. The summed E-state index contributed by atoms with van der Waals surface area (Å²) < 4.78 is 64.9. The van der Waals surface area contributed by atoms with Crippen molar-refractivity contribution in [3.63, 3.8) is 0 Å². The summed E-state index contributed by atoms with van der Waals surface area (Å²) in [6, 6.07) is 9.94. The zero-order chi connectivity index (χ0) is 25.9. The molecule has 0 amide bonds. The van der Waals surface area contributed by atoms with E-state index in [9.17, 15) is 8.78 Å². The second-order valence-corrected chi connectivity index (χ2v) is 11.0. The van der Waals surface area contributed by atoms with Gasteiger partial charge in [0.1, 0.15) is 0 Å². The van der Waals surface area contributed by atoms with Crippen molar-refractivity contribution in [3.05, 3.63) is 70.3 Å². The first-order chi connectivity index (χ1) is 17.2. The van der Waals surface area contributed by atoms with Crippen LogP contribution in [0.1, 0.15) is 125 Å². The van der Waals surface area contributed by atoms with Gasteiger partial charge >= 0.3 is 6.11 Å². The number of alkyl halides is 2. The molecule has 0 aliphatic heterocycles. The van der Waals surface area contributed by atoms with Crippen LogP contribution in [0.15, 0.2) is 36.4 Å². The van der Waals surface area contributed by atoms with Crippen LogP contribution in [0.3, 0.4) is 0 Å². The highest BCUT2D eigenvalue weighted by molar-refractivity contribution is 5.32. The van der Waals surface area contributed by atoms with Gasteiger partial charge in [-0.25, -0.2) is 8.78 Å². The monoisotopic (exact) mass is 504 g/mol. The summed E-state index contributed by atoms with van der Waals surface area (Å²) in [6.45, 7) is 5.89. The average Bonchev–Trinajstić information content (AvgIpc) is 2.90. The lowest BCUT2D eigenvalue weighted by molar-refractivity contribution is -0.273. The van der Waals surface area contributed by atoms with Crippen molar-refractivity contribution in [2.75, 3.05) is 0 Å². The Balaban J connectivity index is 1.42. The number of rotatable bonds is 8. The first-order valence-electron chi connectivity index (χ1n) is 13.9. The topological polar surface area (TPSA) is 9.23 Å². The molecule has 1 nitrogen and oxygen atoms in total. The van der Waals surface area contributed by atoms with Gasteiger partial charge in [-0.15, -0.1) is 0 Å². The minimum Gasteiger partial charge on any atom is -0.309 e. The molecule has 2 aliphatic carbocycles. The van der Waals surface area contributed by atoms with Crippen molar-refractivity contribution in [3.8, 4) is 0 Å². The first kappa shape index (κ1) is 27.2. The Morgan fingerprint density at radius 2 is 1.28 bits per heavy atom. The van der Waals surface area contributed by atoms with E-state index in [1.807, 2.05) is 24.3 Å². The Kier molecular flexibility index (Phi) is 8.80. The highest BCUT2D eigenvalue weighted by atomic mass is 19.3. The lowest BCUT2D eigenvalue weighted by Gasteiger charge is -2.29. The van der Waals surface area contributed by atoms with Gasteiger partial charge < -0.3 is 4.74 Å². The molecule has 36 heavy (non-hydrogen) atoms. The largest absolute Gasteiger partial charge is 0.386 e. The van der Waals surface area contributed by atoms with Gasteiger partial charge in [0, 0.05) is 0 Å². The van der Waals surface area contributed by atoms with Gasteiger partial charge in [0.25, 0.3) is 0 Å². The van der Waals surface area contributed by atoms with E-state index < -0.39 is 29.4 Å². The Morgan fingerprint density at radius 3 is 1.81 bits per heavy atom. The number of hydrogen-bond acceptors (Lipinski definition) is 1. The number of benzene rings is 2. The van der Waals surface area contributed by atoms with Gasteiger partial charge in [-0.2, -0.15) is 8.78 Å². The third kappa shape index (κ3) is 5.98. The highest BCUT2D eigenvalue weighted by Crippen LogP contribution is 2.42. The molecule has 2 aromatic carbocycles. The predicted octanol–water partition coefficient (Wildman–Crippen LogP) is 10.2. The van der Waals surface area contributed by atoms with Gasteiger partial charge in [0.15, 0.2) is 11.6 Å². The van der Waals surface area contributed by atoms with E-state index in [0.717, 1.165) is 56.9 Å². The lowest BCUT2D eigenvalue weighted by atomic mass is 9.77. The van der Waals surface area contributed by atoms with Crippen molar-refractivity contribution >= 4 is 0 Å².